The van der Waals surface area contributed by atoms with Gasteiger partial charge in [0.1, 0.15) is 5.82 Å². The van der Waals surface area contributed by atoms with Gasteiger partial charge in [-0.15, -0.1) is 0 Å². The molecule has 1 fully saturated rings. The van der Waals surface area contributed by atoms with E-state index in [0.717, 1.165) is 18.5 Å². The molecule has 3 N–H and O–H groups in total. The number of aliphatic hydroxyl groups is 1. The first kappa shape index (κ1) is 14.0. The Hall–Kier alpha value is -1.41. The summed E-state index contributed by atoms with van der Waals surface area (Å²) in [6.45, 7) is 4.17. The van der Waals surface area contributed by atoms with Gasteiger partial charge in [-0.25, -0.2) is 4.39 Å². The van der Waals surface area contributed by atoms with Gasteiger partial charge in [-0.3, -0.25) is 4.90 Å². The molecular weight excluding hydrogens is 243 g/mol. The van der Waals surface area contributed by atoms with Crippen molar-refractivity contribution in [1.29, 1.82) is 0 Å². The molecule has 1 unspecified atom stereocenters. The second-order valence-corrected chi connectivity index (χ2v) is 5.31. The second kappa shape index (κ2) is 5.70. The molecular formula is C15H19FN2O. The van der Waals surface area contributed by atoms with Crippen LogP contribution in [0.5, 0.6) is 0 Å². The van der Waals surface area contributed by atoms with Gasteiger partial charge in [0.05, 0.1) is 12.1 Å². The van der Waals surface area contributed by atoms with E-state index in [2.05, 4.69) is 16.7 Å². The van der Waals surface area contributed by atoms with Crippen LogP contribution in [0.2, 0.25) is 0 Å². The van der Waals surface area contributed by atoms with Crippen LogP contribution in [-0.2, 0) is 6.54 Å². The second-order valence-electron chi connectivity index (χ2n) is 5.31. The molecule has 0 bridgehead atoms. The summed E-state index contributed by atoms with van der Waals surface area (Å²) in [6.07, 6.45) is 0.752. The number of rotatable bonds is 2. The maximum atomic E-state index is 13.5. The van der Waals surface area contributed by atoms with E-state index >= 15 is 0 Å². The lowest BCUT2D eigenvalue weighted by Crippen LogP contribution is -2.29. The molecule has 102 valence electrons. The van der Waals surface area contributed by atoms with Crippen LogP contribution < -0.4 is 5.73 Å². The molecule has 1 aromatic rings. The summed E-state index contributed by atoms with van der Waals surface area (Å²) >= 11 is 0. The third-order valence-corrected chi connectivity index (χ3v) is 3.23. The van der Waals surface area contributed by atoms with Crippen LogP contribution in [0.1, 0.15) is 24.5 Å². The van der Waals surface area contributed by atoms with Crippen LogP contribution in [-0.4, -0.2) is 35.2 Å². The van der Waals surface area contributed by atoms with E-state index in [1.165, 1.54) is 12.1 Å². The minimum Gasteiger partial charge on any atom is -0.389 e. The van der Waals surface area contributed by atoms with Gasteiger partial charge in [0.15, 0.2) is 0 Å². The molecule has 0 radical (unpaired) electrons. The normalized spacial score (nSPS) is 23.2. The molecule has 1 aromatic carbocycles. The average molecular weight is 262 g/mol. The zero-order valence-corrected chi connectivity index (χ0v) is 11.1. The Labute approximate surface area is 113 Å². The van der Waals surface area contributed by atoms with Gasteiger partial charge in [-0.05, 0) is 37.1 Å². The number of nitrogens with two attached hydrogens (primary N) is 1. The van der Waals surface area contributed by atoms with Gasteiger partial charge >= 0.3 is 0 Å². The average Bonchev–Trinajstić information content (AvgIpc) is 2.65. The van der Waals surface area contributed by atoms with Gasteiger partial charge in [-0.1, -0.05) is 11.8 Å². The molecule has 3 nitrogen and oxygen atoms in total. The molecule has 1 atom stereocenters. The van der Waals surface area contributed by atoms with Crippen LogP contribution in [0.25, 0.3) is 0 Å². The SMILES string of the molecule is CC1(O)CCN(Cc2cc(F)cc(C#CCN)c2)C1. The molecule has 0 aromatic heterocycles. The van der Waals surface area contributed by atoms with Crippen molar-refractivity contribution in [3.05, 3.63) is 35.1 Å². The fraction of sp³-hybridized carbons (Fsp3) is 0.467. The van der Waals surface area contributed by atoms with E-state index in [1.54, 1.807) is 0 Å². The summed E-state index contributed by atoms with van der Waals surface area (Å²) in [4.78, 5) is 2.12. The predicted octanol–water partition coefficient (Wildman–Crippen LogP) is 1.09. The molecule has 0 saturated carbocycles. The predicted molar refractivity (Wildman–Crippen MR) is 72.9 cm³/mol. The zero-order chi connectivity index (χ0) is 13.9. The standard InChI is InChI=1S/C15H19FN2O/c1-15(19)4-6-18(11-15)10-13-7-12(3-2-5-17)8-14(16)9-13/h7-9,19H,4-6,10-11,17H2,1H3. The van der Waals surface area contributed by atoms with Crippen molar-refractivity contribution in [2.24, 2.45) is 5.73 Å². The molecule has 1 aliphatic rings. The number of nitrogens with zero attached hydrogens (tertiary/aromatic N) is 1. The Morgan fingerprint density at radius 1 is 1.47 bits per heavy atom. The monoisotopic (exact) mass is 262 g/mol. The van der Waals surface area contributed by atoms with Gasteiger partial charge < -0.3 is 10.8 Å². The van der Waals surface area contributed by atoms with E-state index in [-0.39, 0.29) is 12.4 Å². The molecule has 1 heterocycles. The maximum absolute atomic E-state index is 13.5. The van der Waals surface area contributed by atoms with Crippen molar-refractivity contribution in [3.63, 3.8) is 0 Å². The minimum absolute atomic E-state index is 0.265. The molecule has 2 rings (SSSR count). The topological polar surface area (TPSA) is 49.5 Å². The van der Waals surface area contributed by atoms with Crippen molar-refractivity contribution in [2.45, 2.75) is 25.5 Å². The number of hydrogen-bond donors (Lipinski definition) is 2. The highest BCUT2D eigenvalue weighted by Gasteiger charge is 2.30. The molecule has 0 amide bonds. The van der Waals surface area contributed by atoms with E-state index in [9.17, 15) is 9.50 Å². The lowest BCUT2D eigenvalue weighted by atomic mass is 10.1. The van der Waals surface area contributed by atoms with E-state index in [4.69, 9.17) is 5.73 Å². The Morgan fingerprint density at radius 2 is 2.26 bits per heavy atom. The molecule has 4 heteroatoms. The summed E-state index contributed by atoms with van der Waals surface area (Å²) in [7, 11) is 0. The van der Waals surface area contributed by atoms with Gasteiger partial charge in [0.25, 0.3) is 0 Å². The molecule has 0 aliphatic carbocycles. The number of halogens is 1. The van der Waals surface area contributed by atoms with Crippen molar-refractivity contribution in [2.75, 3.05) is 19.6 Å². The highest BCUT2D eigenvalue weighted by atomic mass is 19.1. The van der Waals surface area contributed by atoms with Crippen LogP contribution >= 0.6 is 0 Å². The van der Waals surface area contributed by atoms with Gasteiger partial charge in [0.2, 0.25) is 0 Å². The number of hydrogen-bond acceptors (Lipinski definition) is 3. The summed E-state index contributed by atoms with van der Waals surface area (Å²) < 4.78 is 13.5. The van der Waals surface area contributed by atoms with Crippen molar-refractivity contribution < 1.29 is 9.50 Å². The smallest absolute Gasteiger partial charge is 0.124 e. The van der Waals surface area contributed by atoms with Gasteiger partial charge in [-0.2, -0.15) is 0 Å². The fourth-order valence-electron chi connectivity index (χ4n) is 2.40. The highest BCUT2D eigenvalue weighted by molar-refractivity contribution is 5.38. The quantitative estimate of drug-likeness (QED) is 0.785. The Morgan fingerprint density at radius 3 is 2.89 bits per heavy atom. The first-order valence-electron chi connectivity index (χ1n) is 6.42. The largest absolute Gasteiger partial charge is 0.389 e. The molecule has 0 spiro atoms. The summed E-state index contributed by atoms with van der Waals surface area (Å²) in [5.74, 6) is 5.28. The Balaban J connectivity index is 2.10. The van der Waals surface area contributed by atoms with Crippen LogP contribution in [0.3, 0.4) is 0 Å². The fourth-order valence-corrected chi connectivity index (χ4v) is 2.40. The zero-order valence-electron chi connectivity index (χ0n) is 11.1. The van der Waals surface area contributed by atoms with E-state index < -0.39 is 5.60 Å². The third-order valence-electron chi connectivity index (χ3n) is 3.23. The molecule has 1 aliphatic heterocycles. The summed E-state index contributed by atoms with van der Waals surface area (Å²) in [5, 5.41) is 9.92. The Kier molecular flexibility index (Phi) is 4.20. The van der Waals surface area contributed by atoms with Crippen molar-refractivity contribution in [3.8, 4) is 11.8 Å². The highest BCUT2D eigenvalue weighted by Crippen LogP contribution is 2.22. The number of benzene rings is 1. The van der Waals surface area contributed by atoms with Crippen molar-refractivity contribution >= 4 is 0 Å². The van der Waals surface area contributed by atoms with Crippen LogP contribution in [0.15, 0.2) is 18.2 Å². The van der Waals surface area contributed by atoms with Gasteiger partial charge in [0, 0.05) is 25.2 Å². The summed E-state index contributed by atoms with van der Waals surface area (Å²) in [5.41, 5.74) is 6.20. The van der Waals surface area contributed by atoms with E-state index in [0.29, 0.717) is 18.7 Å². The minimum atomic E-state index is -0.629. The third kappa shape index (κ3) is 4.03. The molecule has 1 saturated heterocycles. The van der Waals surface area contributed by atoms with E-state index in [1.807, 2.05) is 13.0 Å². The lowest BCUT2D eigenvalue weighted by Gasteiger charge is -2.18. The number of likely N-dealkylation sites (tertiary alicyclic amines) is 1. The molecule has 19 heavy (non-hydrogen) atoms. The first-order valence-corrected chi connectivity index (χ1v) is 6.42. The maximum Gasteiger partial charge on any atom is 0.124 e. The first-order chi connectivity index (χ1) is 8.98. The summed E-state index contributed by atoms with van der Waals surface area (Å²) in [6, 6.07) is 4.80. The Bertz CT molecular complexity index is 517. The van der Waals surface area contributed by atoms with Crippen molar-refractivity contribution in [1.82, 2.24) is 4.90 Å². The van der Waals surface area contributed by atoms with Crippen LogP contribution in [0.4, 0.5) is 4.39 Å². The lowest BCUT2D eigenvalue weighted by molar-refractivity contribution is 0.0679. The number of β-amino-alcohol motifs (C(OH)–C–C–N with tert-alkyl or cyclic N) is 1. The van der Waals surface area contributed by atoms with Crippen LogP contribution in [0, 0.1) is 17.7 Å².